The fourth-order valence-corrected chi connectivity index (χ4v) is 1.19. The molecule has 0 radical (unpaired) electrons. The Kier molecular flexibility index (Phi) is 4.16. The third-order valence-electron chi connectivity index (χ3n) is 1.75. The van der Waals surface area contributed by atoms with Gasteiger partial charge in [0.2, 0.25) is 0 Å². The maximum absolute atomic E-state index is 5.47. The molecular weight excluding hydrogens is 164 g/mol. The predicted octanol–water partition coefficient (Wildman–Crippen LogP) is 2.79. The average molecular weight is 180 g/mol. The van der Waals surface area contributed by atoms with Crippen molar-refractivity contribution in [1.82, 2.24) is 0 Å². The molecule has 0 aliphatic carbocycles. The van der Waals surface area contributed by atoms with Gasteiger partial charge in [-0.25, -0.2) is 0 Å². The van der Waals surface area contributed by atoms with Gasteiger partial charge in [0, 0.05) is 0 Å². The molecule has 0 aromatic rings. The molecule has 0 N–H and O–H groups in total. The van der Waals surface area contributed by atoms with Crippen molar-refractivity contribution in [3.05, 3.63) is 36.3 Å². The standard InChI is InChI=1S/C11H16O2/c1-3-7-10(12-4-2)11-8-5-6-9-13-11/h3,7-8H,1,4-6,9H2,2H3. The molecule has 0 saturated heterocycles. The van der Waals surface area contributed by atoms with Gasteiger partial charge in [-0.05, 0) is 31.9 Å². The lowest BCUT2D eigenvalue weighted by Crippen LogP contribution is -2.05. The van der Waals surface area contributed by atoms with Crippen LogP contribution in [-0.2, 0) is 9.47 Å². The van der Waals surface area contributed by atoms with Gasteiger partial charge in [-0.3, -0.25) is 0 Å². The monoisotopic (exact) mass is 180 g/mol. The van der Waals surface area contributed by atoms with Crippen molar-refractivity contribution < 1.29 is 9.47 Å². The number of allylic oxidation sites excluding steroid dienone is 3. The molecule has 0 aromatic heterocycles. The van der Waals surface area contributed by atoms with Crippen molar-refractivity contribution in [1.29, 1.82) is 0 Å². The first-order valence-electron chi connectivity index (χ1n) is 4.67. The summed E-state index contributed by atoms with van der Waals surface area (Å²) in [5.74, 6) is 1.64. The van der Waals surface area contributed by atoms with E-state index in [0.29, 0.717) is 6.61 Å². The molecule has 1 heterocycles. The molecule has 1 aliphatic heterocycles. The molecule has 72 valence electrons. The van der Waals surface area contributed by atoms with Crippen LogP contribution in [0, 0.1) is 0 Å². The van der Waals surface area contributed by atoms with E-state index in [4.69, 9.17) is 9.47 Å². The minimum Gasteiger partial charge on any atom is -0.490 e. The molecule has 0 fully saturated rings. The van der Waals surface area contributed by atoms with Crippen molar-refractivity contribution in [3.8, 4) is 0 Å². The van der Waals surface area contributed by atoms with E-state index in [9.17, 15) is 0 Å². The van der Waals surface area contributed by atoms with E-state index in [-0.39, 0.29) is 0 Å². The highest BCUT2D eigenvalue weighted by Crippen LogP contribution is 2.19. The Morgan fingerprint density at radius 1 is 1.77 bits per heavy atom. The van der Waals surface area contributed by atoms with Crippen molar-refractivity contribution in [2.24, 2.45) is 0 Å². The van der Waals surface area contributed by atoms with E-state index in [1.54, 1.807) is 6.08 Å². The van der Waals surface area contributed by atoms with Crippen LogP contribution in [-0.4, -0.2) is 13.2 Å². The molecule has 0 amide bonds. The van der Waals surface area contributed by atoms with Crippen LogP contribution in [0.3, 0.4) is 0 Å². The first-order chi connectivity index (χ1) is 6.38. The largest absolute Gasteiger partial charge is 0.490 e. The maximum atomic E-state index is 5.47. The highest BCUT2D eigenvalue weighted by atomic mass is 16.5. The Bertz CT molecular complexity index is 226. The van der Waals surface area contributed by atoms with E-state index in [1.165, 1.54) is 0 Å². The van der Waals surface area contributed by atoms with Gasteiger partial charge >= 0.3 is 0 Å². The van der Waals surface area contributed by atoms with Gasteiger partial charge in [-0.1, -0.05) is 12.7 Å². The normalized spacial score (nSPS) is 17.3. The Morgan fingerprint density at radius 3 is 3.15 bits per heavy atom. The molecule has 0 aromatic carbocycles. The molecule has 1 aliphatic rings. The second-order valence-electron chi connectivity index (χ2n) is 2.76. The van der Waals surface area contributed by atoms with Gasteiger partial charge in [0.05, 0.1) is 13.2 Å². The summed E-state index contributed by atoms with van der Waals surface area (Å²) < 4.78 is 10.9. The van der Waals surface area contributed by atoms with Crippen molar-refractivity contribution >= 4 is 0 Å². The van der Waals surface area contributed by atoms with E-state index < -0.39 is 0 Å². The van der Waals surface area contributed by atoms with Gasteiger partial charge in [0.15, 0.2) is 11.5 Å². The fraction of sp³-hybridized carbons (Fsp3) is 0.455. The van der Waals surface area contributed by atoms with E-state index in [1.807, 2.05) is 13.0 Å². The summed E-state index contributed by atoms with van der Waals surface area (Å²) in [7, 11) is 0. The Hall–Kier alpha value is -1.18. The zero-order valence-electron chi connectivity index (χ0n) is 8.08. The van der Waals surface area contributed by atoms with Gasteiger partial charge in [0.1, 0.15) is 0 Å². The third kappa shape index (κ3) is 2.98. The summed E-state index contributed by atoms with van der Waals surface area (Å²) in [6.45, 7) is 7.04. The molecule has 0 atom stereocenters. The Balaban J connectivity index is 2.67. The van der Waals surface area contributed by atoms with Gasteiger partial charge < -0.3 is 9.47 Å². The lowest BCUT2D eigenvalue weighted by Gasteiger charge is -2.17. The smallest absolute Gasteiger partial charge is 0.160 e. The summed E-state index contributed by atoms with van der Waals surface area (Å²) in [6, 6.07) is 0. The number of hydrogen-bond acceptors (Lipinski definition) is 2. The third-order valence-corrected chi connectivity index (χ3v) is 1.75. The molecule has 1 rings (SSSR count). The molecule has 13 heavy (non-hydrogen) atoms. The number of hydrogen-bond donors (Lipinski definition) is 0. The van der Waals surface area contributed by atoms with Gasteiger partial charge in [-0.2, -0.15) is 0 Å². The summed E-state index contributed by atoms with van der Waals surface area (Å²) in [5.41, 5.74) is 0. The average Bonchev–Trinajstić information content (AvgIpc) is 2.19. The van der Waals surface area contributed by atoms with E-state index in [2.05, 4.69) is 12.7 Å². The van der Waals surface area contributed by atoms with Crippen LogP contribution < -0.4 is 0 Å². The van der Waals surface area contributed by atoms with Crippen LogP contribution in [0.15, 0.2) is 36.3 Å². The zero-order valence-corrected chi connectivity index (χ0v) is 8.08. The second-order valence-corrected chi connectivity index (χ2v) is 2.76. The Labute approximate surface area is 79.5 Å². The lowest BCUT2D eigenvalue weighted by molar-refractivity contribution is 0.146. The summed E-state index contributed by atoms with van der Waals surface area (Å²) in [4.78, 5) is 0. The van der Waals surface area contributed by atoms with E-state index >= 15 is 0 Å². The van der Waals surface area contributed by atoms with Crippen LogP contribution in [0.4, 0.5) is 0 Å². The highest BCUT2D eigenvalue weighted by Gasteiger charge is 2.09. The first-order valence-corrected chi connectivity index (χ1v) is 4.67. The van der Waals surface area contributed by atoms with Gasteiger partial charge in [0.25, 0.3) is 0 Å². The summed E-state index contributed by atoms with van der Waals surface area (Å²) in [5, 5.41) is 0. The fourth-order valence-electron chi connectivity index (χ4n) is 1.19. The first kappa shape index (κ1) is 9.90. The second kappa shape index (κ2) is 5.46. The maximum Gasteiger partial charge on any atom is 0.160 e. The Morgan fingerprint density at radius 2 is 2.62 bits per heavy atom. The molecule has 0 unspecified atom stereocenters. The number of ether oxygens (including phenoxy) is 2. The molecular formula is C11H16O2. The molecule has 2 nitrogen and oxygen atoms in total. The minimum absolute atomic E-state index is 0.653. The molecule has 2 heteroatoms. The van der Waals surface area contributed by atoms with E-state index in [0.717, 1.165) is 31.0 Å². The SMILES string of the molecule is C=CC=C(OCC)C1=CCCCO1. The van der Waals surface area contributed by atoms with Crippen LogP contribution in [0.5, 0.6) is 0 Å². The van der Waals surface area contributed by atoms with Crippen LogP contribution in [0.1, 0.15) is 19.8 Å². The highest BCUT2D eigenvalue weighted by molar-refractivity contribution is 5.24. The topological polar surface area (TPSA) is 18.5 Å². The van der Waals surface area contributed by atoms with Crippen LogP contribution in [0.2, 0.25) is 0 Å². The molecule has 0 saturated carbocycles. The predicted molar refractivity (Wildman–Crippen MR) is 53.2 cm³/mol. The van der Waals surface area contributed by atoms with Crippen LogP contribution >= 0.6 is 0 Å². The van der Waals surface area contributed by atoms with Crippen LogP contribution in [0.25, 0.3) is 0 Å². The quantitative estimate of drug-likeness (QED) is 0.489. The van der Waals surface area contributed by atoms with Crippen molar-refractivity contribution in [2.75, 3.05) is 13.2 Å². The van der Waals surface area contributed by atoms with Crippen molar-refractivity contribution in [3.63, 3.8) is 0 Å². The molecule has 0 bridgehead atoms. The van der Waals surface area contributed by atoms with Gasteiger partial charge in [-0.15, -0.1) is 0 Å². The zero-order chi connectivity index (χ0) is 9.52. The minimum atomic E-state index is 0.653. The summed E-state index contributed by atoms with van der Waals surface area (Å²) >= 11 is 0. The summed E-state index contributed by atoms with van der Waals surface area (Å²) in [6.07, 6.45) is 7.77. The lowest BCUT2D eigenvalue weighted by atomic mass is 10.2. The number of rotatable bonds is 4. The van der Waals surface area contributed by atoms with Crippen molar-refractivity contribution in [2.45, 2.75) is 19.8 Å². The molecule has 0 spiro atoms.